The van der Waals surface area contributed by atoms with Crippen molar-refractivity contribution in [2.24, 2.45) is 0 Å². The van der Waals surface area contributed by atoms with Crippen molar-refractivity contribution in [1.82, 2.24) is 14.6 Å². The van der Waals surface area contributed by atoms with Crippen molar-refractivity contribution in [3.05, 3.63) is 38.8 Å². The van der Waals surface area contributed by atoms with E-state index >= 15 is 0 Å². The molecule has 0 bridgehead atoms. The summed E-state index contributed by atoms with van der Waals surface area (Å²) >= 11 is 13.4. The van der Waals surface area contributed by atoms with Gasteiger partial charge in [-0.25, -0.2) is 4.52 Å². The minimum absolute atomic E-state index is 0.243. The van der Waals surface area contributed by atoms with E-state index in [-0.39, 0.29) is 11.9 Å². The Balaban J connectivity index is 1.70. The summed E-state index contributed by atoms with van der Waals surface area (Å²) in [5.41, 5.74) is 1.00. The van der Waals surface area contributed by atoms with Crippen molar-refractivity contribution in [3.63, 3.8) is 0 Å². The number of aryl methyl sites for hydroxylation is 2. The number of rotatable bonds is 4. The Morgan fingerprint density at radius 1 is 1.38 bits per heavy atom. The Labute approximate surface area is 152 Å². The number of anilines is 1. The summed E-state index contributed by atoms with van der Waals surface area (Å²) < 4.78 is 7.28. The minimum Gasteiger partial charge on any atom is -0.479 e. The van der Waals surface area contributed by atoms with E-state index in [1.54, 1.807) is 29.6 Å². The molecule has 0 fully saturated rings. The van der Waals surface area contributed by atoms with Crippen molar-refractivity contribution in [2.75, 3.05) is 5.32 Å². The van der Waals surface area contributed by atoms with Gasteiger partial charge in [0.2, 0.25) is 4.96 Å². The normalized spacial score (nSPS) is 12.4. The molecule has 3 aromatic rings. The number of nitrogens with one attached hydrogen (secondary N) is 1. The van der Waals surface area contributed by atoms with Crippen molar-refractivity contribution >= 4 is 51.4 Å². The molecular weight excluding hydrogens is 371 g/mol. The van der Waals surface area contributed by atoms with Gasteiger partial charge in [-0.1, -0.05) is 34.5 Å². The first-order valence-electron chi connectivity index (χ1n) is 7.10. The molecule has 1 aromatic carbocycles. The Hall–Kier alpha value is -1.83. The quantitative estimate of drug-likeness (QED) is 0.734. The molecule has 0 aliphatic rings. The third kappa shape index (κ3) is 3.33. The fourth-order valence-corrected chi connectivity index (χ4v) is 3.38. The Bertz CT molecular complexity index is 922. The highest BCUT2D eigenvalue weighted by Crippen LogP contribution is 2.28. The maximum absolute atomic E-state index is 12.3. The largest absolute Gasteiger partial charge is 0.479 e. The molecule has 0 saturated heterocycles. The van der Waals surface area contributed by atoms with E-state index in [9.17, 15) is 4.79 Å². The smallest absolute Gasteiger partial charge is 0.267 e. The van der Waals surface area contributed by atoms with Gasteiger partial charge in [-0.2, -0.15) is 4.98 Å². The van der Waals surface area contributed by atoms with Gasteiger partial charge < -0.3 is 4.74 Å². The third-order valence-corrected chi connectivity index (χ3v) is 5.03. The minimum atomic E-state index is -0.770. The van der Waals surface area contributed by atoms with Gasteiger partial charge in [0.25, 0.3) is 11.9 Å². The monoisotopic (exact) mass is 384 g/mol. The standard InChI is InChI=1S/C15H14Cl2N4O2S/c1-7-9(3)24-15-19-14(20-21(7)15)18-13(22)8(2)23-12-5-4-10(16)6-11(12)17/h4-6,8H,1-3H3,(H,18,20,22). The zero-order valence-electron chi connectivity index (χ0n) is 13.1. The molecule has 0 saturated carbocycles. The zero-order chi connectivity index (χ0) is 17.4. The zero-order valence-corrected chi connectivity index (χ0v) is 15.5. The summed E-state index contributed by atoms with van der Waals surface area (Å²) in [6, 6.07) is 4.81. The van der Waals surface area contributed by atoms with Crippen LogP contribution in [-0.4, -0.2) is 26.6 Å². The van der Waals surface area contributed by atoms with E-state index in [1.807, 2.05) is 13.8 Å². The average molecular weight is 385 g/mol. The van der Waals surface area contributed by atoms with E-state index in [0.717, 1.165) is 15.5 Å². The highest BCUT2D eigenvalue weighted by molar-refractivity contribution is 7.17. The number of benzene rings is 1. The van der Waals surface area contributed by atoms with Gasteiger partial charge in [-0.15, -0.1) is 5.10 Å². The molecule has 6 nitrogen and oxygen atoms in total. The van der Waals surface area contributed by atoms with Crippen molar-refractivity contribution < 1.29 is 9.53 Å². The number of hydrogen-bond donors (Lipinski definition) is 1. The number of fused-ring (bicyclic) bond motifs is 1. The Morgan fingerprint density at radius 3 is 2.79 bits per heavy atom. The van der Waals surface area contributed by atoms with Crippen LogP contribution in [0, 0.1) is 13.8 Å². The van der Waals surface area contributed by atoms with Crippen LogP contribution >= 0.6 is 34.5 Å². The lowest BCUT2D eigenvalue weighted by atomic mass is 10.3. The molecule has 0 spiro atoms. The first-order chi connectivity index (χ1) is 11.3. The summed E-state index contributed by atoms with van der Waals surface area (Å²) in [6.07, 6.45) is -0.770. The second kappa shape index (κ2) is 6.58. The van der Waals surface area contributed by atoms with Crippen LogP contribution < -0.4 is 10.1 Å². The summed E-state index contributed by atoms with van der Waals surface area (Å²) in [7, 11) is 0. The second-order valence-electron chi connectivity index (χ2n) is 5.20. The predicted molar refractivity (Wildman–Crippen MR) is 95.5 cm³/mol. The highest BCUT2D eigenvalue weighted by atomic mass is 35.5. The Morgan fingerprint density at radius 2 is 2.12 bits per heavy atom. The van der Waals surface area contributed by atoms with Gasteiger partial charge in [0.15, 0.2) is 6.10 Å². The van der Waals surface area contributed by atoms with Crippen LogP contribution in [0.3, 0.4) is 0 Å². The molecular formula is C15H14Cl2N4O2S. The van der Waals surface area contributed by atoms with Gasteiger partial charge in [0, 0.05) is 9.90 Å². The van der Waals surface area contributed by atoms with Gasteiger partial charge in [0.1, 0.15) is 5.75 Å². The van der Waals surface area contributed by atoms with E-state index in [4.69, 9.17) is 27.9 Å². The maximum Gasteiger partial charge on any atom is 0.267 e. The molecule has 2 heterocycles. The summed E-state index contributed by atoms with van der Waals surface area (Å²) in [6.45, 7) is 5.57. The molecule has 0 radical (unpaired) electrons. The number of amides is 1. The third-order valence-electron chi connectivity index (χ3n) is 3.45. The topological polar surface area (TPSA) is 68.5 Å². The fourth-order valence-electron chi connectivity index (χ4n) is 2.02. The van der Waals surface area contributed by atoms with Crippen LogP contribution in [0.4, 0.5) is 5.95 Å². The summed E-state index contributed by atoms with van der Waals surface area (Å²) in [5, 5.41) is 7.76. The lowest BCUT2D eigenvalue weighted by molar-refractivity contribution is -0.122. The highest BCUT2D eigenvalue weighted by Gasteiger charge is 2.19. The summed E-state index contributed by atoms with van der Waals surface area (Å²) in [4.78, 5) is 18.4. The first kappa shape index (κ1) is 17.0. The molecule has 3 rings (SSSR count). The molecule has 0 aliphatic carbocycles. The predicted octanol–water partition coefficient (Wildman–Crippen LogP) is 4.12. The summed E-state index contributed by atoms with van der Waals surface area (Å²) in [5.74, 6) is 0.259. The fraction of sp³-hybridized carbons (Fsp3) is 0.267. The van der Waals surface area contributed by atoms with Gasteiger partial charge in [0.05, 0.1) is 10.7 Å². The average Bonchev–Trinajstić information content (AvgIpc) is 3.01. The molecule has 1 atom stereocenters. The van der Waals surface area contributed by atoms with Crippen molar-refractivity contribution in [1.29, 1.82) is 0 Å². The van der Waals surface area contributed by atoms with Gasteiger partial charge >= 0.3 is 0 Å². The molecule has 9 heteroatoms. The first-order valence-corrected chi connectivity index (χ1v) is 8.67. The number of halogens is 2. The van der Waals surface area contributed by atoms with E-state index in [1.165, 1.54) is 11.3 Å². The lowest BCUT2D eigenvalue weighted by Gasteiger charge is -2.14. The molecule has 1 amide bonds. The Kier molecular flexibility index (Phi) is 4.67. The lowest BCUT2D eigenvalue weighted by Crippen LogP contribution is -2.30. The number of carbonyl (C=O) groups excluding carboxylic acids is 1. The number of aromatic nitrogens is 3. The molecule has 1 unspecified atom stereocenters. The molecule has 126 valence electrons. The molecule has 24 heavy (non-hydrogen) atoms. The van der Waals surface area contributed by atoms with Gasteiger partial charge in [-0.05, 0) is 39.0 Å². The SMILES string of the molecule is Cc1sc2nc(NC(=O)C(C)Oc3ccc(Cl)cc3Cl)nn2c1C. The number of thiazole rings is 1. The molecule has 2 aromatic heterocycles. The van der Waals surface area contributed by atoms with Gasteiger partial charge in [-0.3, -0.25) is 10.1 Å². The second-order valence-corrected chi connectivity index (χ2v) is 7.22. The van der Waals surface area contributed by atoms with E-state index < -0.39 is 6.10 Å². The molecule has 0 aliphatic heterocycles. The van der Waals surface area contributed by atoms with Crippen LogP contribution in [0.2, 0.25) is 10.0 Å². The van der Waals surface area contributed by atoms with Crippen LogP contribution in [0.5, 0.6) is 5.75 Å². The van der Waals surface area contributed by atoms with Crippen molar-refractivity contribution in [3.8, 4) is 5.75 Å². The number of carbonyl (C=O) groups is 1. The van der Waals surface area contributed by atoms with Crippen LogP contribution in [0.1, 0.15) is 17.5 Å². The van der Waals surface area contributed by atoms with E-state index in [0.29, 0.717) is 15.8 Å². The number of ether oxygens (including phenoxy) is 1. The molecule has 1 N–H and O–H groups in total. The van der Waals surface area contributed by atoms with Crippen LogP contribution in [-0.2, 0) is 4.79 Å². The van der Waals surface area contributed by atoms with Crippen LogP contribution in [0.15, 0.2) is 18.2 Å². The number of hydrogen-bond acceptors (Lipinski definition) is 5. The van der Waals surface area contributed by atoms with E-state index in [2.05, 4.69) is 15.4 Å². The van der Waals surface area contributed by atoms with Crippen LogP contribution in [0.25, 0.3) is 4.96 Å². The maximum atomic E-state index is 12.3. The number of nitrogens with zero attached hydrogens (tertiary/aromatic N) is 3. The van der Waals surface area contributed by atoms with Crippen molar-refractivity contribution in [2.45, 2.75) is 26.9 Å².